The van der Waals surface area contributed by atoms with Crippen LogP contribution in [0.5, 0.6) is 5.75 Å². The Bertz CT molecular complexity index is 1130. The molecule has 0 bridgehead atoms. The van der Waals surface area contributed by atoms with Crippen molar-refractivity contribution in [3.63, 3.8) is 0 Å². The molecule has 1 aromatic carbocycles. The number of carbonyl (C=O) groups is 2. The van der Waals surface area contributed by atoms with E-state index in [4.69, 9.17) is 4.74 Å². The van der Waals surface area contributed by atoms with Gasteiger partial charge in [-0.25, -0.2) is 8.42 Å². The average molecular weight is 593 g/mol. The monoisotopic (exact) mass is 592 g/mol. The molecule has 4 rings (SSSR count). The van der Waals surface area contributed by atoms with E-state index in [0.717, 1.165) is 70.8 Å². The fraction of sp³-hybridized carbons (Fsp3) is 0.733. The van der Waals surface area contributed by atoms with Gasteiger partial charge in [0.1, 0.15) is 17.3 Å². The zero-order chi connectivity index (χ0) is 29.5. The number of sulfonamides is 1. The summed E-state index contributed by atoms with van der Waals surface area (Å²) in [6, 6.07) is 6.21. The minimum Gasteiger partial charge on any atom is -0.494 e. The lowest BCUT2D eigenvalue weighted by atomic mass is 9.77. The minimum absolute atomic E-state index is 0.0252. The normalized spacial score (nSPS) is 22.9. The van der Waals surface area contributed by atoms with Gasteiger partial charge in [0.2, 0.25) is 21.8 Å². The highest BCUT2D eigenvalue weighted by Crippen LogP contribution is 2.37. The van der Waals surface area contributed by atoms with Gasteiger partial charge in [0.25, 0.3) is 0 Å². The largest absolute Gasteiger partial charge is 0.494 e. The van der Waals surface area contributed by atoms with Gasteiger partial charge in [-0.2, -0.15) is 0 Å². The van der Waals surface area contributed by atoms with Crippen LogP contribution in [0.3, 0.4) is 0 Å². The van der Waals surface area contributed by atoms with E-state index in [1.54, 1.807) is 24.3 Å². The van der Waals surface area contributed by atoms with Crippen molar-refractivity contribution >= 4 is 27.5 Å². The highest BCUT2D eigenvalue weighted by molar-refractivity contribution is 7.92. The van der Waals surface area contributed by atoms with Crippen molar-refractivity contribution in [2.75, 3.05) is 43.8 Å². The number of nitrogens with one attached hydrogen (secondary N) is 2. The molecule has 1 aromatic rings. The first-order valence-electron chi connectivity index (χ1n) is 15.3. The number of likely N-dealkylation sites (tertiary alicyclic amines) is 1. The molecule has 1 aliphatic carbocycles. The van der Waals surface area contributed by atoms with E-state index < -0.39 is 27.2 Å². The molecule has 2 amide bonds. The smallest absolute Gasteiger partial charge is 0.246 e. The second-order valence-electron chi connectivity index (χ2n) is 12.2. The number of carbonyl (C=O) groups excluding carboxylic acids is 2. The lowest BCUT2D eigenvalue weighted by Gasteiger charge is -2.52. The van der Waals surface area contributed by atoms with Gasteiger partial charge in [-0.3, -0.25) is 14.3 Å². The number of hydrogen-bond acceptors (Lipinski definition) is 7. The number of hydrogen-bond donors (Lipinski definition) is 3. The van der Waals surface area contributed by atoms with E-state index in [9.17, 15) is 23.1 Å². The Labute approximate surface area is 245 Å². The van der Waals surface area contributed by atoms with E-state index in [-0.39, 0.29) is 11.8 Å². The number of ether oxygens (including phenoxy) is 1. The molecule has 2 aliphatic heterocycles. The molecule has 3 fully saturated rings. The molecule has 1 atom stereocenters. The van der Waals surface area contributed by atoms with Crippen molar-refractivity contribution < 1.29 is 27.9 Å². The summed E-state index contributed by atoms with van der Waals surface area (Å²) in [7, 11) is -3.30. The first-order chi connectivity index (χ1) is 19.5. The maximum atomic E-state index is 13.7. The lowest BCUT2D eigenvalue weighted by molar-refractivity contribution is -0.163. The fourth-order valence-corrected chi connectivity index (χ4v) is 7.12. The number of piperidine rings is 1. The summed E-state index contributed by atoms with van der Waals surface area (Å²) in [5.41, 5.74) is -1.16. The van der Waals surface area contributed by atoms with Crippen molar-refractivity contribution in [2.24, 2.45) is 0 Å². The second kappa shape index (κ2) is 13.7. The van der Waals surface area contributed by atoms with E-state index in [0.29, 0.717) is 56.7 Å². The van der Waals surface area contributed by atoms with E-state index in [1.807, 2.05) is 4.90 Å². The molecule has 3 N–H and O–H groups in total. The first kappa shape index (κ1) is 31.6. The Morgan fingerprint density at radius 2 is 1.68 bits per heavy atom. The summed E-state index contributed by atoms with van der Waals surface area (Å²) in [5, 5.41) is 14.2. The van der Waals surface area contributed by atoms with Crippen LogP contribution in [0, 0.1) is 0 Å². The van der Waals surface area contributed by atoms with E-state index >= 15 is 0 Å². The van der Waals surface area contributed by atoms with Crippen molar-refractivity contribution in [2.45, 2.75) is 101 Å². The number of nitrogens with zero attached hydrogens (tertiary/aromatic N) is 2. The Hall–Kier alpha value is -2.37. The number of anilines is 1. The van der Waals surface area contributed by atoms with Crippen molar-refractivity contribution in [3.8, 4) is 5.75 Å². The Morgan fingerprint density at radius 3 is 2.32 bits per heavy atom. The van der Waals surface area contributed by atoms with Crippen LogP contribution in [0.25, 0.3) is 0 Å². The van der Waals surface area contributed by atoms with Gasteiger partial charge >= 0.3 is 0 Å². The van der Waals surface area contributed by atoms with Gasteiger partial charge in [-0.1, -0.05) is 32.6 Å². The van der Waals surface area contributed by atoms with Crippen LogP contribution in [0.2, 0.25) is 0 Å². The molecule has 11 heteroatoms. The molecule has 2 saturated heterocycles. The highest BCUT2D eigenvalue weighted by atomic mass is 32.2. The SMILES string of the molecule is CCCCN1C(=O)[C@@H](CC2(O)CCCCC2)NC(=O)C12CCN(CCCCOc1ccc(NS(C)(=O)=O)cc1)CC2. The molecule has 41 heavy (non-hydrogen) atoms. The number of piperazine rings is 1. The predicted molar refractivity (Wildman–Crippen MR) is 159 cm³/mol. The molecule has 0 radical (unpaired) electrons. The minimum atomic E-state index is -3.30. The average Bonchev–Trinajstić information content (AvgIpc) is 2.93. The van der Waals surface area contributed by atoms with Crippen molar-refractivity contribution in [1.82, 2.24) is 15.1 Å². The third kappa shape index (κ3) is 8.35. The van der Waals surface area contributed by atoms with E-state index in [2.05, 4.69) is 21.9 Å². The second-order valence-corrected chi connectivity index (χ2v) is 13.9. The molecule has 0 aromatic heterocycles. The topological polar surface area (TPSA) is 128 Å². The summed E-state index contributed by atoms with van der Waals surface area (Å²) in [5.74, 6) is 0.615. The van der Waals surface area contributed by atoms with Gasteiger partial charge in [0.05, 0.1) is 18.5 Å². The van der Waals surface area contributed by atoms with Gasteiger partial charge in [0.15, 0.2) is 0 Å². The molecule has 10 nitrogen and oxygen atoms in total. The van der Waals surface area contributed by atoms with Gasteiger partial charge < -0.3 is 25.0 Å². The molecule has 1 spiro atoms. The number of benzene rings is 1. The maximum Gasteiger partial charge on any atom is 0.246 e. The zero-order valence-electron chi connectivity index (χ0n) is 24.7. The highest BCUT2D eigenvalue weighted by Gasteiger charge is 2.54. The molecule has 230 valence electrons. The Balaban J connectivity index is 1.25. The van der Waals surface area contributed by atoms with Crippen molar-refractivity contribution in [1.29, 1.82) is 0 Å². The predicted octanol–water partition coefficient (Wildman–Crippen LogP) is 3.26. The van der Waals surface area contributed by atoms with Crippen molar-refractivity contribution in [3.05, 3.63) is 24.3 Å². The van der Waals surface area contributed by atoms with Crippen LogP contribution in [0.1, 0.15) is 84.0 Å². The first-order valence-corrected chi connectivity index (χ1v) is 17.2. The maximum absolute atomic E-state index is 13.7. The summed E-state index contributed by atoms with van der Waals surface area (Å²) in [6.07, 6.45) is 10.7. The van der Waals surface area contributed by atoms with Crippen LogP contribution < -0.4 is 14.8 Å². The zero-order valence-corrected chi connectivity index (χ0v) is 25.5. The third-order valence-corrected chi connectivity index (χ3v) is 9.50. The summed E-state index contributed by atoms with van der Waals surface area (Å²) < 4.78 is 30.9. The van der Waals surface area contributed by atoms with Crippen LogP contribution in [-0.4, -0.2) is 91.4 Å². The summed E-state index contributed by atoms with van der Waals surface area (Å²) >= 11 is 0. The molecule has 0 unspecified atom stereocenters. The quantitative estimate of drug-likeness (QED) is 0.300. The fourth-order valence-electron chi connectivity index (χ4n) is 6.55. The summed E-state index contributed by atoms with van der Waals surface area (Å²) in [4.78, 5) is 31.6. The summed E-state index contributed by atoms with van der Waals surface area (Å²) in [6.45, 7) is 5.66. The molecule has 2 heterocycles. The Morgan fingerprint density at radius 1 is 1.00 bits per heavy atom. The Kier molecular flexibility index (Phi) is 10.6. The van der Waals surface area contributed by atoms with Crippen LogP contribution in [0.4, 0.5) is 5.69 Å². The molecular weight excluding hydrogens is 544 g/mol. The number of amides is 2. The molecule has 1 saturated carbocycles. The van der Waals surface area contributed by atoms with Gasteiger partial charge in [0, 0.05) is 31.7 Å². The molecule has 3 aliphatic rings. The van der Waals surface area contributed by atoms with Gasteiger partial charge in [-0.15, -0.1) is 0 Å². The van der Waals surface area contributed by atoms with Crippen LogP contribution >= 0.6 is 0 Å². The number of unbranched alkanes of at least 4 members (excludes halogenated alkanes) is 2. The van der Waals surface area contributed by atoms with Gasteiger partial charge in [-0.05, 0) is 75.8 Å². The van der Waals surface area contributed by atoms with E-state index in [1.165, 1.54) is 0 Å². The molecular formula is C30H48N4O6S. The standard InChI is InChI=1S/C30H48N4O6S/c1-3-4-19-34-27(35)26(23-29(37)14-6-5-7-15-29)31-28(36)30(34)16-20-33(21-17-30)18-8-9-22-40-25-12-10-24(11-13-25)32-41(2,38)39/h10-13,26,32,37H,3-9,14-23H2,1-2H3,(H,31,36)/t26-/m1/s1. The van der Waals surface area contributed by atoms with Crippen LogP contribution in [-0.2, 0) is 19.6 Å². The lowest BCUT2D eigenvalue weighted by Crippen LogP contribution is -2.73. The number of aliphatic hydroxyl groups is 1. The van der Waals surface area contributed by atoms with Crippen LogP contribution in [0.15, 0.2) is 24.3 Å². The third-order valence-electron chi connectivity index (χ3n) is 8.89. The number of rotatable bonds is 13.